The van der Waals surface area contributed by atoms with Crippen LogP contribution in [0.2, 0.25) is 0 Å². The molecular weight excluding hydrogens is 750 g/mol. The van der Waals surface area contributed by atoms with E-state index in [0.29, 0.717) is 118 Å². The minimum absolute atomic E-state index is 0.245. The van der Waals surface area contributed by atoms with E-state index in [4.69, 9.17) is 47.4 Å². The van der Waals surface area contributed by atoms with Crippen LogP contribution in [-0.2, 0) is 57.0 Å². The van der Waals surface area contributed by atoms with Crippen molar-refractivity contribution in [3.8, 4) is 0 Å². The summed E-state index contributed by atoms with van der Waals surface area (Å²) in [7, 11) is 5.12. The van der Waals surface area contributed by atoms with E-state index < -0.39 is 0 Å². The maximum Gasteiger partial charge on any atom is 0.333 e. The summed E-state index contributed by atoms with van der Waals surface area (Å²) in [5.41, 5.74) is 1.19. The van der Waals surface area contributed by atoms with Gasteiger partial charge in [0, 0.05) is 125 Å². The largest absolute Gasteiger partial charge is 0.465 e. The Morgan fingerprint density at radius 2 is 0.707 bits per heavy atom. The highest BCUT2D eigenvalue weighted by atomic mass is 16.5. The molecule has 0 aromatic heterocycles. The zero-order valence-corrected chi connectivity index (χ0v) is 37.3. The van der Waals surface area contributed by atoms with Gasteiger partial charge in [0.05, 0.1) is 52.7 Å². The Morgan fingerprint density at radius 3 is 1.02 bits per heavy atom. The van der Waals surface area contributed by atoms with Gasteiger partial charge < -0.3 is 52.3 Å². The maximum atomic E-state index is 11.8. The number of hydrogen-bond acceptors (Lipinski definition) is 15. The van der Waals surface area contributed by atoms with E-state index in [9.17, 15) is 9.59 Å². The third-order valence-electron chi connectivity index (χ3n) is 8.72. The summed E-state index contributed by atoms with van der Waals surface area (Å²) in [5, 5.41) is 0. The summed E-state index contributed by atoms with van der Waals surface area (Å²) in [6.07, 6.45) is 6.19. The second kappa shape index (κ2) is 43.1. The van der Waals surface area contributed by atoms with E-state index in [-0.39, 0.29) is 18.4 Å². The number of ether oxygens (including phenoxy) is 10. The number of carbonyl (C=O) groups excluding carboxylic acids is 2. The molecule has 342 valence electrons. The van der Waals surface area contributed by atoms with Crippen molar-refractivity contribution in [2.45, 2.75) is 65.2 Å². The van der Waals surface area contributed by atoms with Gasteiger partial charge >= 0.3 is 11.9 Å². The molecule has 0 aliphatic carbocycles. The SMILES string of the molecule is C=C(C)CC(=O)OCCCOCCN(CCCN(CCCN(CCOCCCOC)CCOCCCOC(=O)C(=C)C)CCOCCCOC)CCOCCCOC. The zero-order chi connectivity index (χ0) is 42.7. The molecular formula is C43H83N3O12. The molecule has 0 aliphatic rings. The lowest BCUT2D eigenvalue weighted by Crippen LogP contribution is -2.37. The molecule has 15 nitrogen and oxygen atoms in total. The Labute approximate surface area is 351 Å². The van der Waals surface area contributed by atoms with Crippen LogP contribution in [0, 0.1) is 0 Å². The Bertz CT molecular complexity index is 977. The van der Waals surface area contributed by atoms with Crippen molar-refractivity contribution in [2.24, 2.45) is 0 Å². The van der Waals surface area contributed by atoms with Crippen LogP contribution in [0.25, 0.3) is 0 Å². The minimum Gasteiger partial charge on any atom is -0.465 e. The molecule has 0 saturated carbocycles. The fourth-order valence-corrected chi connectivity index (χ4v) is 5.53. The predicted molar refractivity (Wildman–Crippen MR) is 228 cm³/mol. The Balaban J connectivity index is 5.11. The summed E-state index contributed by atoms with van der Waals surface area (Å²) in [6.45, 7) is 27.7. The molecule has 0 aromatic rings. The van der Waals surface area contributed by atoms with E-state index in [1.165, 1.54) is 0 Å². The normalized spacial score (nSPS) is 11.6. The first kappa shape index (κ1) is 56.0. The quantitative estimate of drug-likeness (QED) is 0.0374. The average Bonchev–Trinajstić information content (AvgIpc) is 3.19. The van der Waals surface area contributed by atoms with Crippen LogP contribution >= 0.6 is 0 Å². The van der Waals surface area contributed by atoms with Gasteiger partial charge in [-0.25, -0.2) is 4.79 Å². The van der Waals surface area contributed by atoms with Crippen molar-refractivity contribution in [1.29, 1.82) is 0 Å². The van der Waals surface area contributed by atoms with E-state index in [2.05, 4.69) is 27.9 Å². The van der Waals surface area contributed by atoms with Gasteiger partial charge in [0.1, 0.15) is 0 Å². The van der Waals surface area contributed by atoms with Gasteiger partial charge in [-0.15, -0.1) is 0 Å². The topological polar surface area (TPSA) is 136 Å². The Kier molecular flexibility index (Phi) is 41.6. The Hall–Kier alpha value is -2.02. The molecule has 0 atom stereocenters. The van der Waals surface area contributed by atoms with Crippen LogP contribution in [0.3, 0.4) is 0 Å². The molecule has 0 amide bonds. The van der Waals surface area contributed by atoms with Gasteiger partial charge in [-0.2, -0.15) is 0 Å². The lowest BCUT2D eigenvalue weighted by molar-refractivity contribution is -0.143. The molecule has 0 radical (unpaired) electrons. The molecule has 0 unspecified atom stereocenters. The maximum absolute atomic E-state index is 11.8. The molecule has 0 rings (SSSR count). The second-order valence-electron chi connectivity index (χ2n) is 14.3. The number of nitrogens with zero attached hydrogens (tertiary/aromatic N) is 3. The first-order chi connectivity index (χ1) is 28.2. The smallest absolute Gasteiger partial charge is 0.333 e. The summed E-state index contributed by atoms with van der Waals surface area (Å²) in [4.78, 5) is 30.7. The van der Waals surface area contributed by atoms with E-state index in [1.54, 1.807) is 28.3 Å². The highest BCUT2D eigenvalue weighted by Gasteiger charge is 2.12. The molecule has 0 saturated heterocycles. The average molecular weight is 834 g/mol. The molecule has 0 N–H and O–H groups in total. The first-order valence-electron chi connectivity index (χ1n) is 21.4. The highest BCUT2D eigenvalue weighted by molar-refractivity contribution is 5.86. The van der Waals surface area contributed by atoms with Gasteiger partial charge in [0.15, 0.2) is 0 Å². The highest BCUT2D eigenvalue weighted by Crippen LogP contribution is 2.03. The van der Waals surface area contributed by atoms with Gasteiger partial charge in [-0.05, 0) is 72.1 Å². The summed E-state index contributed by atoms with van der Waals surface area (Å²) in [5.74, 6) is -0.612. The van der Waals surface area contributed by atoms with Crippen molar-refractivity contribution in [3.05, 3.63) is 24.3 Å². The van der Waals surface area contributed by atoms with Gasteiger partial charge in [-0.1, -0.05) is 18.7 Å². The molecule has 0 fully saturated rings. The number of esters is 2. The van der Waals surface area contributed by atoms with Crippen LogP contribution in [0.1, 0.15) is 65.2 Å². The van der Waals surface area contributed by atoms with E-state index in [1.807, 2.05) is 6.92 Å². The molecule has 0 heterocycles. The van der Waals surface area contributed by atoms with E-state index in [0.717, 1.165) is 96.6 Å². The van der Waals surface area contributed by atoms with Crippen LogP contribution < -0.4 is 0 Å². The van der Waals surface area contributed by atoms with Gasteiger partial charge in [-0.3, -0.25) is 14.6 Å². The molecule has 0 bridgehead atoms. The third-order valence-corrected chi connectivity index (χ3v) is 8.72. The van der Waals surface area contributed by atoms with Crippen molar-refractivity contribution in [1.82, 2.24) is 14.7 Å². The van der Waals surface area contributed by atoms with Crippen molar-refractivity contribution < 1.29 is 57.0 Å². The van der Waals surface area contributed by atoms with Crippen LogP contribution in [-0.4, -0.2) is 206 Å². The molecule has 0 spiro atoms. The first-order valence-corrected chi connectivity index (χ1v) is 21.4. The predicted octanol–water partition coefficient (Wildman–Crippen LogP) is 4.27. The van der Waals surface area contributed by atoms with Crippen LogP contribution in [0.5, 0.6) is 0 Å². The number of methoxy groups -OCH3 is 3. The van der Waals surface area contributed by atoms with Crippen LogP contribution in [0.15, 0.2) is 24.3 Å². The monoisotopic (exact) mass is 834 g/mol. The van der Waals surface area contributed by atoms with Gasteiger partial charge in [0.2, 0.25) is 0 Å². The number of rotatable bonds is 46. The van der Waals surface area contributed by atoms with E-state index >= 15 is 0 Å². The lowest BCUT2D eigenvalue weighted by atomic mass is 10.2. The lowest BCUT2D eigenvalue weighted by Gasteiger charge is -2.27. The number of carbonyl (C=O) groups is 2. The van der Waals surface area contributed by atoms with Crippen molar-refractivity contribution in [3.63, 3.8) is 0 Å². The summed E-state index contributed by atoms with van der Waals surface area (Å²) >= 11 is 0. The fourth-order valence-electron chi connectivity index (χ4n) is 5.53. The number of hydrogen-bond donors (Lipinski definition) is 0. The Morgan fingerprint density at radius 1 is 0.397 bits per heavy atom. The standard InChI is InChI=1S/C43H83N3O12/c1-40(2)39-42(47)57-32-13-30-55-37-22-45(20-35-53-28-11-25-50-6)17-8-15-44(19-34-52-27-10-24-49-5)16-9-18-46(21-36-54-29-12-26-51-7)23-38-56-31-14-33-58-43(48)41(3)4/h1,3,8-39H2,2,4-7H3. The molecule has 15 heteroatoms. The second-order valence-corrected chi connectivity index (χ2v) is 14.3. The summed E-state index contributed by atoms with van der Waals surface area (Å²) in [6, 6.07) is 0. The summed E-state index contributed by atoms with van der Waals surface area (Å²) < 4.78 is 55.4. The minimum atomic E-state index is -0.367. The zero-order valence-electron chi connectivity index (χ0n) is 37.3. The molecule has 0 aromatic carbocycles. The molecule has 58 heavy (non-hydrogen) atoms. The van der Waals surface area contributed by atoms with Crippen molar-refractivity contribution >= 4 is 11.9 Å². The van der Waals surface area contributed by atoms with Crippen molar-refractivity contribution in [2.75, 3.05) is 179 Å². The van der Waals surface area contributed by atoms with Gasteiger partial charge in [0.25, 0.3) is 0 Å². The molecule has 0 aliphatic heterocycles. The van der Waals surface area contributed by atoms with Crippen LogP contribution in [0.4, 0.5) is 0 Å². The fraction of sp³-hybridized carbons (Fsp3) is 0.860. The third kappa shape index (κ3) is 39.4.